The molecule has 2 aromatic carbocycles. The lowest BCUT2D eigenvalue weighted by Gasteiger charge is -2.46. The summed E-state index contributed by atoms with van der Waals surface area (Å²) < 4.78 is 11.0. The minimum Gasteiger partial charge on any atom is -0.454 e. The lowest BCUT2D eigenvalue weighted by molar-refractivity contribution is -0.151. The van der Waals surface area contributed by atoms with E-state index in [1.807, 2.05) is 42.5 Å². The molecular formula is C22H20N4O4. The Hall–Kier alpha value is -3.52. The number of carbonyl (C=O) groups is 2. The molecule has 8 nitrogen and oxygen atoms in total. The average molecular weight is 404 g/mol. The van der Waals surface area contributed by atoms with Gasteiger partial charge in [-0.05, 0) is 29.3 Å². The molecule has 1 aromatic heterocycles. The Morgan fingerprint density at radius 1 is 1.10 bits per heavy atom. The maximum absolute atomic E-state index is 13.3. The molecule has 0 radical (unpaired) electrons. The molecule has 0 saturated carbocycles. The van der Waals surface area contributed by atoms with Gasteiger partial charge in [0.1, 0.15) is 12.1 Å². The number of rotatable bonds is 2. The van der Waals surface area contributed by atoms with Crippen LogP contribution in [0.25, 0.3) is 10.9 Å². The van der Waals surface area contributed by atoms with Gasteiger partial charge in [0.05, 0.1) is 6.04 Å². The summed E-state index contributed by atoms with van der Waals surface area (Å²) in [6.45, 7) is 0.227. The third kappa shape index (κ3) is 2.31. The fraction of sp³-hybridized carbons (Fsp3) is 0.273. The number of amides is 2. The molecule has 152 valence electrons. The highest BCUT2D eigenvalue weighted by atomic mass is 16.7. The number of carbonyl (C=O) groups excluding carboxylic acids is 2. The monoisotopic (exact) mass is 404 g/mol. The summed E-state index contributed by atoms with van der Waals surface area (Å²) in [4.78, 5) is 31.5. The highest BCUT2D eigenvalue weighted by molar-refractivity contribution is 5.99. The lowest BCUT2D eigenvalue weighted by Crippen LogP contribution is -2.67. The summed E-state index contributed by atoms with van der Waals surface area (Å²) in [7, 11) is 0. The molecule has 6 rings (SSSR count). The van der Waals surface area contributed by atoms with Gasteiger partial charge in [-0.3, -0.25) is 9.59 Å². The molecule has 8 heteroatoms. The van der Waals surface area contributed by atoms with Gasteiger partial charge in [0.2, 0.25) is 18.6 Å². The van der Waals surface area contributed by atoms with E-state index in [-0.39, 0.29) is 25.2 Å². The number of fused-ring (bicyclic) bond motifs is 5. The van der Waals surface area contributed by atoms with E-state index < -0.39 is 18.1 Å². The van der Waals surface area contributed by atoms with E-state index in [9.17, 15) is 9.59 Å². The van der Waals surface area contributed by atoms with Crippen molar-refractivity contribution < 1.29 is 19.1 Å². The standard InChI is InChI=1S/C22H20N4O4/c23-9-15-22(28)26-16(21(27)25-15)8-13-12-3-1-2-4-14(12)24-19(13)20(26)11-5-6-17-18(7-11)30-10-29-17/h1-7,15-16,20,24H,8-10,23H2,(H,25,27)/t15-,16+,20+/m0/s1. The van der Waals surface area contributed by atoms with Crippen molar-refractivity contribution in [3.8, 4) is 11.5 Å². The third-order valence-corrected chi connectivity index (χ3v) is 6.25. The maximum atomic E-state index is 13.3. The minimum atomic E-state index is -0.726. The number of para-hydroxylation sites is 1. The summed E-state index contributed by atoms with van der Waals surface area (Å²) in [6, 6.07) is 11.9. The number of hydrogen-bond acceptors (Lipinski definition) is 5. The summed E-state index contributed by atoms with van der Waals surface area (Å²) in [6.07, 6.45) is 0.454. The van der Waals surface area contributed by atoms with Crippen LogP contribution in [0, 0.1) is 0 Å². The van der Waals surface area contributed by atoms with Crippen LogP contribution in [-0.2, 0) is 16.0 Å². The number of aromatic amines is 1. The number of ether oxygens (including phenoxy) is 2. The summed E-state index contributed by atoms with van der Waals surface area (Å²) >= 11 is 0. The summed E-state index contributed by atoms with van der Waals surface area (Å²) in [5, 5.41) is 3.86. The molecule has 1 saturated heterocycles. The number of aromatic nitrogens is 1. The molecule has 0 aliphatic carbocycles. The molecular weight excluding hydrogens is 384 g/mol. The molecule has 4 N–H and O–H groups in total. The third-order valence-electron chi connectivity index (χ3n) is 6.25. The number of hydrogen-bond donors (Lipinski definition) is 3. The molecule has 0 spiro atoms. The van der Waals surface area contributed by atoms with Crippen LogP contribution in [0.1, 0.15) is 22.9 Å². The predicted molar refractivity (Wildman–Crippen MR) is 108 cm³/mol. The second-order valence-corrected chi connectivity index (χ2v) is 7.84. The largest absolute Gasteiger partial charge is 0.454 e. The highest BCUT2D eigenvalue weighted by Crippen LogP contribution is 2.44. The van der Waals surface area contributed by atoms with Gasteiger partial charge < -0.3 is 30.4 Å². The highest BCUT2D eigenvalue weighted by Gasteiger charge is 2.48. The molecule has 2 amide bonds. The SMILES string of the molecule is NC[C@@H]1NC(=O)[C@H]2Cc3c([nH]c4ccccc34)[C@@H](c3ccc4c(c3)OCO4)N2C1=O. The zero-order valence-corrected chi connectivity index (χ0v) is 16.1. The normalized spacial score (nSPS) is 24.6. The van der Waals surface area contributed by atoms with Crippen molar-refractivity contribution in [1.29, 1.82) is 0 Å². The molecule has 3 atom stereocenters. The molecule has 1 fully saturated rings. The van der Waals surface area contributed by atoms with Crippen LogP contribution in [0.3, 0.4) is 0 Å². The average Bonchev–Trinajstić information content (AvgIpc) is 3.38. The quantitative estimate of drug-likeness (QED) is 0.595. The van der Waals surface area contributed by atoms with Crippen LogP contribution in [0.5, 0.6) is 11.5 Å². The predicted octanol–water partition coefficient (Wildman–Crippen LogP) is 1.20. The van der Waals surface area contributed by atoms with E-state index in [1.54, 1.807) is 4.90 Å². The fourth-order valence-corrected chi connectivity index (χ4v) is 4.86. The first kappa shape index (κ1) is 17.3. The molecule has 0 unspecified atom stereocenters. The van der Waals surface area contributed by atoms with Gasteiger partial charge in [-0.15, -0.1) is 0 Å². The Kier molecular flexibility index (Phi) is 3.61. The van der Waals surface area contributed by atoms with Crippen molar-refractivity contribution in [3.63, 3.8) is 0 Å². The van der Waals surface area contributed by atoms with Crippen molar-refractivity contribution in [2.24, 2.45) is 5.73 Å². The Balaban J connectivity index is 1.58. The first-order chi connectivity index (χ1) is 14.7. The van der Waals surface area contributed by atoms with Crippen molar-refractivity contribution in [1.82, 2.24) is 15.2 Å². The van der Waals surface area contributed by atoms with Crippen LogP contribution >= 0.6 is 0 Å². The van der Waals surface area contributed by atoms with Gasteiger partial charge in [0, 0.05) is 29.6 Å². The van der Waals surface area contributed by atoms with Crippen molar-refractivity contribution >= 4 is 22.7 Å². The smallest absolute Gasteiger partial charge is 0.247 e. The minimum absolute atomic E-state index is 0.0568. The van der Waals surface area contributed by atoms with E-state index >= 15 is 0 Å². The van der Waals surface area contributed by atoms with Gasteiger partial charge in [-0.1, -0.05) is 24.3 Å². The van der Waals surface area contributed by atoms with E-state index in [0.717, 1.165) is 27.7 Å². The van der Waals surface area contributed by atoms with Crippen LogP contribution in [0.4, 0.5) is 0 Å². The molecule has 0 bridgehead atoms. The molecule has 30 heavy (non-hydrogen) atoms. The zero-order chi connectivity index (χ0) is 20.4. The first-order valence-electron chi connectivity index (χ1n) is 9.97. The number of nitrogens with two attached hydrogens (primary N) is 1. The van der Waals surface area contributed by atoms with Crippen LogP contribution in [0.2, 0.25) is 0 Å². The van der Waals surface area contributed by atoms with Gasteiger partial charge in [0.15, 0.2) is 11.5 Å². The maximum Gasteiger partial charge on any atom is 0.247 e. The van der Waals surface area contributed by atoms with Gasteiger partial charge in [-0.25, -0.2) is 0 Å². The first-order valence-corrected chi connectivity index (χ1v) is 9.97. The number of piperazine rings is 1. The number of H-pyrrole nitrogens is 1. The number of benzene rings is 2. The van der Waals surface area contributed by atoms with Gasteiger partial charge >= 0.3 is 0 Å². The summed E-state index contributed by atoms with van der Waals surface area (Å²) in [5.74, 6) is 0.961. The van der Waals surface area contributed by atoms with Crippen LogP contribution < -0.4 is 20.5 Å². The van der Waals surface area contributed by atoms with Crippen molar-refractivity contribution in [2.45, 2.75) is 24.5 Å². The topological polar surface area (TPSA) is 110 Å². The van der Waals surface area contributed by atoms with Crippen molar-refractivity contribution in [2.75, 3.05) is 13.3 Å². The molecule has 3 aliphatic heterocycles. The van der Waals surface area contributed by atoms with E-state index in [2.05, 4.69) is 10.3 Å². The van der Waals surface area contributed by atoms with Gasteiger partial charge in [0.25, 0.3) is 0 Å². The van der Waals surface area contributed by atoms with Crippen LogP contribution in [-0.4, -0.2) is 47.1 Å². The Labute approximate surface area is 171 Å². The van der Waals surface area contributed by atoms with E-state index in [4.69, 9.17) is 15.2 Å². The molecule has 3 aromatic rings. The summed E-state index contributed by atoms with van der Waals surface area (Å²) in [5.41, 5.74) is 9.61. The van der Waals surface area contributed by atoms with Crippen LogP contribution in [0.15, 0.2) is 42.5 Å². The zero-order valence-electron chi connectivity index (χ0n) is 16.1. The number of nitrogens with one attached hydrogen (secondary N) is 2. The number of nitrogens with zero attached hydrogens (tertiary/aromatic N) is 1. The Morgan fingerprint density at radius 3 is 2.80 bits per heavy atom. The lowest BCUT2D eigenvalue weighted by atomic mass is 9.85. The molecule has 3 aliphatic rings. The molecule has 4 heterocycles. The van der Waals surface area contributed by atoms with Crippen molar-refractivity contribution in [3.05, 3.63) is 59.3 Å². The second kappa shape index (κ2) is 6.24. The fourth-order valence-electron chi connectivity index (χ4n) is 4.86. The Morgan fingerprint density at radius 2 is 1.93 bits per heavy atom. The Bertz CT molecular complexity index is 1200. The van der Waals surface area contributed by atoms with Gasteiger partial charge in [-0.2, -0.15) is 0 Å². The van der Waals surface area contributed by atoms with E-state index in [1.165, 1.54) is 0 Å². The van der Waals surface area contributed by atoms with E-state index in [0.29, 0.717) is 17.9 Å². The second-order valence-electron chi connectivity index (χ2n) is 7.84.